The van der Waals surface area contributed by atoms with Gasteiger partial charge in [0.1, 0.15) is 19.0 Å². The molecule has 140 valence electrons. The monoisotopic (exact) mass is 367 g/mol. The summed E-state index contributed by atoms with van der Waals surface area (Å²) in [7, 11) is 5.46. The van der Waals surface area contributed by atoms with Gasteiger partial charge in [0.25, 0.3) is 5.69 Å². The molecule has 1 aliphatic heterocycles. The quantitative estimate of drug-likeness (QED) is 0.349. The number of nitrogens with zero attached hydrogens (tertiary/aromatic N) is 4. The van der Waals surface area contributed by atoms with E-state index in [-0.39, 0.29) is 16.0 Å². The first-order valence-electron chi connectivity index (χ1n) is 8.57. The average molecular weight is 367 g/mol. The van der Waals surface area contributed by atoms with Gasteiger partial charge in [0, 0.05) is 30.8 Å². The minimum atomic E-state index is -0.389. The van der Waals surface area contributed by atoms with Crippen molar-refractivity contribution in [2.24, 2.45) is 5.10 Å². The summed E-state index contributed by atoms with van der Waals surface area (Å²) < 4.78 is 7.21. The zero-order chi connectivity index (χ0) is 19.8. The Morgan fingerprint density at radius 1 is 1.22 bits per heavy atom. The standard InChI is InChI=1S/C20H23N4O3/c1-20(2)17-12-15(24(25)26)8-11-18(17)22(3)19(20)13-21-23(4)14-6-9-16(27-5)10-7-14/h6-13H,1-5H3/q+1. The van der Waals surface area contributed by atoms with Gasteiger partial charge in [0.15, 0.2) is 0 Å². The maximum Gasteiger partial charge on any atom is 0.270 e. The van der Waals surface area contributed by atoms with Gasteiger partial charge in [0.2, 0.25) is 11.4 Å². The molecule has 0 spiro atoms. The van der Waals surface area contributed by atoms with Gasteiger partial charge >= 0.3 is 0 Å². The molecule has 0 amide bonds. The molecule has 3 rings (SSSR count). The molecule has 0 atom stereocenters. The van der Waals surface area contributed by atoms with Crippen molar-refractivity contribution in [2.75, 3.05) is 26.2 Å². The fourth-order valence-electron chi connectivity index (χ4n) is 3.37. The van der Waals surface area contributed by atoms with Crippen LogP contribution in [0.5, 0.6) is 5.75 Å². The fourth-order valence-corrected chi connectivity index (χ4v) is 3.37. The number of nitro groups is 1. The second kappa shape index (κ2) is 6.83. The molecule has 1 aliphatic rings. The van der Waals surface area contributed by atoms with Crippen molar-refractivity contribution in [3.8, 4) is 5.75 Å². The fraction of sp³-hybridized carbons (Fsp3) is 0.300. The number of benzene rings is 2. The lowest BCUT2D eigenvalue weighted by atomic mass is 9.82. The molecule has 0 aromatic heterocycles. The van der Waals surface area contributed by atoms with Gasteiger partial charge < -0.3 is 4.74 Å². The van der Waals surface area contributed by atoms with Crippen molar-refractivity contribution in [1.82, 2.24) is 0 Å². The molecular weight excluding hydrogens is 344 g/mol. The summed E-state index contributed by atoms with van der Waals surface area (Å²) in [6, 6.07) is 12.6. The normalized spacial score (nSPS) is 15.1. The second-order valence-electron chi connectivity index (χ2n) is 6.99. The number of rotatable bonds is 5. The van der Waals surface area contributed by atoms with E-state index < -0.39 is 0 Å². The number of anilines is 1. The zero-order valence-corrected chi connectivity index (χ0v) is 16.1. The van der Waals surface area contributed by atoms with Crippen LogP contribution in [0.25, 0.3) is 0 Å². The molecule has 2 aromatic rings. The van der Waals surface area contributed by atoms with Crippen molar-refractivity contribution in [1.29, 1.82) is 0 Å². The Kier molecular flexibility index (Phi) is 4.70. The van der Waals surface area contributed by atoms with Crippen LogP contribution in [0.15, 0.2) is 47.6 Å². The number of non-ortho nitro benzene ring substituents is 1. The molecule has 0 bridgehead atoms. The van der Waals surface area contributed by atoms with Crippen LogP contribution < -0.4 is 9.75 Å². The van der Waals surface area contributed by atoms with Gasteiger partial charge in [-0.25, -0.2) is 0 Å². The molecule has 1 heterocycles. The third-order valence-electron chi connectivity index (χ3n) is 5.03. The lowest BCUT2D eigenvalue weighted by Gasteiger charge is -2.16. The Labute approximate surface area is 158 Å². The number of hydrazone groups is 1. The van der Waals surface area contributed by atoms with Crippen LogP contribution in [0.1, 0.15) is 19.4 Å². The van der Waals surface area contributed by atoms with Crippen molar-refractivity contribution >= 4 is 29.0 Å². The molecular formula is C20H23N4O3+. The topological polar surface area (TPSA) is 71.0 Å². The number of hydrogen-bond donors (Lipinski definition) is 0. The largest absolute Gasteiger partial charge is 0.497 e. The maximum absolute atomic E-state index is 11.1. The molecule has 0 fully saturated rings. The Bertz CT molecular complexity index is 946. The van der Waals surface area contributed by atoms with Gasteiger partial charge in [-0.2, -0.15) is 9.68 Å². The van der Waals surface area contributed by atoms with Gasteiger partial charge in [-0.3, -0.25) is 15.1 Å². The number of ether oxygens (including phenoxy) is 1. The van der Waals surface area contributed by atoms with Crippen LogP contribution >= 0.6 is 0 Å². The zero-order valence-electron chi connectivity index (χ0n) is 16.1. The first-order valence-corrected chi connectivity index (χ1v) is 8.57. The highest BCUT2D eigenvalue weighted by molar-refractivity contribution is 6.33. The van der Waals surface area contributed by atoms with E-state index in [0.29, 0.717) is 0 Å². The average Bonchev–Trinajstić information content (AvgIpc) is 2.85. The molecule has 0 saturated carbocycles. The first-order chi connectivity index (χ1) is 12.8. The molecule has 0 radical (unpaired) electrons. The third-order valence-corrected chi connectivity index (χ3v) is 5.03. The highest BCUT2D eigenvalue weighted by Gasteiger charge is 2.44. The molecule has 7 heteroatoms. The Hall–Kier alpha value is -3.22. The van der Waals surface area contributed by atoms with E-state index in [4.69, 9.17) is 4.74 Å². The molecule has 0 N–H and O–H groups in total. The van der Waals surface area contributed by atoms with Crippen LogP contribution in [0, 0.1) is 10.1 Å². The molecule has 2 aromatic carbocycles. The lowest BCUT2D eigenvalue weighted by Crippen LogP contribution is -2.30. The third kappa shape index (κ3) is 3.28. The number of hydrogen-bond acceptors (Lipinski definition) is 5. The smallest absolute Gasteiger partial charge is 0.270 e. The summed E-state index contributed by atoms with van der Waals surface area (Å²) in [4.78, 5) is 10.8. The molecule has 7 nitrogen and oxygen atoms in total. The van der Waals surface area contributed by atoms with E-state index in [9.17, 15) is 10.1 Å². The minimum Gasteiger partial charge on any atom is -0.497 e. The van der Waals surface area contributed by atoms with Crippen LogP contribution in [-0.2, 0) is 5.41 Å². The summed E-state index contributed by atoms with van der Waals surface area (Å²) in [5.41, 5.74) is 3.49. The van der Waals surface area contributed by atoms with Crippen LogP contribution in [0.3, 0.4) is 0 Å². The van der Waals surface area contributed by atoms with Crippen LogP contribution in [-0.4, -0.2) is 42.6 Å². The van der Waals surface area contributed by atoms with Crippen molar-refractivity contribution < 1.29 is 14.2 Å². The lowest BCUT2D eigenvalue weighted by molar-refractivity contribution is -0.401. The van der Waals surface area contributed by atoms with E-state index in [2.05, 4.69) is 5.10 Å². The van der Waals surface area contributed by atoms with E-state index in [0.717, 1.165) is 28.4 Å². The van der Waals surface area contributed by atoms with E-state index in [1.54, 1.807) is 24.3 Å². The molecule has 0 unspecified atom stereocenters. The Morgan fingerprint density at radius 3 is 2.48 bits per heavy atom. The maximum atomic E-state index is 11.1. The van der Waals surface area contributed by atoms with Gasteiger partial charge in [-0.1, -0.05) is 0 Å². The van der Waals surface area contributed by atoms with Crippen molar-refractivity contribution in [3.63, 3.8) is 0 Å². The SMILES string of the molecule is COc1ccc(N(C)N=CC2=[N+](C)c3ccc([N+](=O)[O-])cc3C2(C)C)cc1. The van der Waals surface area contributed by atoms with E-state index in [1.807, 2.05) is 63.0 Å². The number of nitro benzene ring substituents is 1. The summed E-state index contributed by atoms with van der Waals surface area (Å²) in [6.45, 7) is 4.10. The minimum absolute atomic E-state index is 0.101. The Morgan fingerprint density at radius 2 is 1.89 bits per heavy atom. The van der Waals surface area contributed by atoms with Crippen molar-refractivity contribution in [2.45, 2.75) is 19.3 Å². The summed E-state index contributed by atoms with van der Waals surface area (Å²) in [5.74, 6) is 0.791. The summed E-state index contributed by atoms with van der Waals surface area (Å²) in [6.07, 6.45) is 1.82. The predicted octanol–water partition coefficient (Wildman–Crippen LogP) is 3.73. The summed E-state index contributed by atoms with van der Waals surface area (Å²) >= 11 is 0. The predicted molar refractivity (Wildman–Crippen MR) is 107 cm³/mol. The van der Waals surface area contributed by atoms with Gasteiger partial charge in [-0.05, 0) is 38.1 Å². The Balaban J connectivity index is 1.90. The second-order valence-corrected chi connectivity index (χ2v) is 6.99. The van der Waals surface area contributed by atoms with Gasteiger partial charge in [0.05, 0.1) is 23.1 Å². The summed E-state index contributed by atoms with van der Waals surface area (Å²) in [5, 5.41) is 17.5. The molecule has 0 aliphatic carbocycles. The highest BCUT2D eigenvalue weighted by atomic mass is 16.6. The molecule has 0 saturated heterocycles. The molecule has 27 heavy (non-hydrogen) atoms. The van der Waals surface area contributed by atoms with Gasteiger partial charge in [-0.15, -0.1) is 0 Å². The number of methoxy groups -OCH3 is 1. The van der Waals surface area contributed by atoms with Crippen molar-refractivity contribution in [3.05, 3.63) is 58.1 Å². The highest BCUT2D eigenvalue weighted by Crippen LogP contribution is 2.40. The van der Waals surface area contributed by atoms with Crippen LogP contribution in [0.4, 0.5) is 17.1 Å². The van der Waals surface area contributed by atoms with Crippen LogP contribution in [0.2, 0.25) is 0 Å². The first kappa shape index (κ1) is 18.6. The van der Waals surface area contributed by atoms with E-state index >= 15 is 0 Å². The number of fused-ring (bicyclic) bond motifs is 1. The van der Waals surface area contributed by atoms with E-state index in [1.165, 1.54) is 6.07 Å².